The minimum atomic E-state index is -1.68. The minimum absolute atomic E-state index is 0.697. The van der Waals surface area contributed by atoms with Crippen LogP contribution in [0.15, 0.2) is 22.8 Å². The molecule has 0 aliphatic heterocycles. The summed E-state index contributed by atoms with van der Waals surface area (Å²) in [6.07, 6.45) is 12.1. The second-order valence-electron chi connectivity index (χ2n) is 9.37. The number of rotatable bonds is 12. The Labute approximate surface area is 179 Å². The van der Waals surface area contributed by atoms with E-state index >= 15 is 0 Å². The van der Waals surface area contributed by atoms with E-state index in [2.05, 4.69) is 86.8 Å². The van der Waals surface area contributed by atoms with Crippen LogP contribution in [0, 0.1) is 11.5 Å². The molecule has 0 aromatic carbocycles. The lowest BCUT2D eigenvalue weighted by Crippen LogP contribution is -2.43. The summed E-state index contributed by atoms with van der Waals surface area (Å²) in [5.41, 5.74) is 10.7. The normalized spacial score (nSPS) is 13.8. The van der Waals surface area contributed by atoms with Crippen molar-refractivity contribution in [1.29, 1.82) is 0 Å². The fraction of sp³-hybridized carbons (Fsp3) is 0.778. The first-order valence-corrected chi connectivity index (χ1v) is 14.4. The smallest absolute Gasteiger partial charge is 0.125 e. The van der Waals surface area contributed by atoms with Crippen molar-refractivity contribution >= 4 is 8.07 Å². The van der Waals surface area contributed by atoms with Crippen LogP contribution in [0.1, 0.15) is 121 Å². The van der Waals surface area contributed by atoms with E-state index in [9.17, 15) is 0 Å². The molecule has 0 spiro atoms. The molecule has 0 aliphatic rings. The van der Waals surface area contributed by atoms with E-state index in [1.54, 1.807) is 11.1 Å². The Kier molecular flexibility index (Phi) is 13.9. The van der Waals surface area contributed by atoms with Gasteiger partial charge < -0.3 is 0 Å². The summed E-state index contributed by atoms with van der Waals surface area (Å²) in [5, 5.41) is 0. The number of hydrogen-bond donors (Lipinski definition) is 0. The number of unbranched alkanes of at least 4 members (excludes halogenated alkanes) is 1. The third-order valence-electron chi connectivity index (χ3n) is 6.25. The molecule has 162 valence electrons. The Morgan fingerprint density at radius 1 is 0.714 bits per heavy atom. The molecule has 0 aliphatic carbocycles. The molecule has 0 aromatic heterocycles. The lowest BCUT2D eigenvalue weighted by Gasteiger charge is -2.38. The van der Waals surface area contributed by atoms with E-state index in [1.807, 2.05) is 0 Å². The highest BCUT2D eigenvalue weighted by Gasteiger charge is 2.41. The molecule has 0 saturated heterocycles. The van der Waals surface area contributed by atoms with Gasteiger partial charge in [0.05, 0.1) is 0 Å². The van der Waals surface area contributed by atoms with Crippen LogP contribution in [0.3, 0.4) is 0 Å². The van der Waals surface area contributed by atoms with Gasteiger partial charge in [-0.2, -0.15) is 0 Å². The van der Waals surface area contributed by atoms with Gasteiger partial charge >= 0.3 is 0 Å². The van der Waals surface area contributed by atoms with E-state index in [1.165, 1.54) is 50.5 Å². The molecular weight excluding hydrogens is 352 g/mol. The zero-order chi connectivity index (χ0) is 21.7. The molecule has 28 heavy (non-hydrogen) atoms. The SMILES string of the molecule is CCC/C=C(CCC)/C(CCC)=C(\C#C[Si](C(C)C)(C(C)C)C(C)C)CCC. The van der Waals surface area contributed by atoms with E-state index in [-0.39, 0.29) is 0 Å². The standard InChI is InChI=1S/C27H50Si/c1-11-15-19-25(16-12-2)27(18-14-4)26(17-13-3)20-21-28(22(5)6,23(7)8)24(9)10/h19,22-24H,11-18H2,1-10H3/b25-19+,27-26-. The van der Waals surface area contributed by atoms with Crippen molar-refractivity contribution < 1.29 is 0 Å². The Hall–Kier alpha value is -0.743. The number of hydrogen-bond acceptors (Lipinski definition) is 0. The van der Waals surface area contributed by atoms with Gasteiger partial charge in [-0.3, -0.25) is 0 Å². The van der Waals surface area contributed by atoms with Crippen LogP contribution in [0.5, 0.6) is 0 Å². The van der Waals surface area contributed by atoms with Gasteiger partial charge in [0.15, 0.2) is 0 Å². The average molecular weight is 403 g/mol. The second kappa shape index (κ2) is 14.3. The highest BCUT2D eigenvalue weighted by Crippen LogP contribution is 2.41. The van der Waals surface area contributed by atoms with Crippen molar-refractivity contribution in [2.24, 2.45) is 0 Å². The summed E-state index contributed by atoms with van der Waals surface area (Å²) >= 11 is 0. The maximum atomic E-state index is 4.01. The summed E-state index contributed by atoms with van der Waals surface area (Å²) in [7, 11) is -1.68. The fourth-order valence-electron chi connectivity index (χ4n) is 4.87. The molecule has 0 radical (unpaired) electrons. The van der Waals surface area contributed by atoms with E-state index in [0.29, 0.717) is 16.6 Å². The molecule has 0 nitrogen and oxygen atoms in total. The maximum Gasteiger partial charge on any atom is 0.146 e. The molecule has 0 saturated carbocycles. The van der Waals surface area contributed by atoms with Crippen molar-refractivity contribution in [2.75, 3.05) is 0 Å². The van der Waals surface area contributed by atoms with E-state index in [0.717, 1.165) is 6.42 Å². The molecule has 0 atom stereocenters. The maximum absolute atomic E-state index is 4.01. The van der Waals surface area contributed by atoms with Crippen molar-refractivity contribution in [2.45, 2.75) is 137 Å². The summed E-state index contributed by atoms with van der Waals surface area (Å²) in [6.45, 7) is 23.7. The molecule has 0 amide bonds. The molecule has 0 heterocycles. The largest absolute Gasteiger partial charge is 0.146 e. The van der Waals surface area contributed by atoms with Gasteiger partial charge in [-0.05, 0) is 53.5 Å². The Bertz CT molecular complexity index is 527. The van der Waals surface area contributed by atoms with E-state index in [4.69, 9.17) is 0 Å². The lowest BCUT2D eigenvalue weighted by molar-refractivity contribution is 0.815. The van der Waals surface area contributed by atoms with Crippen molar-refractivity contribution in [3.8, 4) is 11.5 Å². The summed E-state index contributed by atoms with van der Waals surface area (Å²) in [6, 6.07) is 0. The van der Waals surface area contributed by atoms with Gasteiger partial charge in [0, 0.05) is 5.57 Å². The van der Waals surface area contributed by atoms with Crippen LogP contribution in [-0.2, 0) is 0 Å². The topological polar surface area (TPSA) is 0 Å². The van der Waals surface area contributed by atoms with Crippen molar-refractivity contribution in [3.05, 3.63) is 22.8 Å². The third kappa shape index (κ3) is 7.59. The Balaban J connectivity index is 6.55. The Morgan fingerprint density at radius 2 is 1.21 bits per heavy atom. The van der Waals surface area contributed by atoms with Gasteiger partial charge in [0.2, 0.25) is 0 Å². The lowest BCUT2D eigenvalue weighted by atomic mass is 9.90. The summed E-state index contributed by atoms with van der Waals surface area (Å²) < 4.78 is 0. The van der Waals surface area contributed by atoms with Gasteiger partial charge in [-0.1, -0.05) is 107 Å². The monoisotopic (exact) mass is 402 g/mol. The molecule has 0 rings (SSSR count). The van der Waals surface area contributed by atoms with Crippen molar-refractivity contribution in [3.63, 3.8) is 0 Å². The minimum Gasteiger partial charge on any atom is -0.125 e. The highest BCUT2D eigenvalue weighted by atomic mass is 28.3. The predicted octanol–water partition coefficient (Wildman–Crippen LogP) is 9.63. The molecule has 0 bridgehead atoms. The van der Waals surface area contributed by atoms with Gasteiger partial charge in [-0.15, -0.1) is 5.54 Å². The van der Waals surface area contributed by atoms with Gasteiger partial charge in [0.1, 0.15) is 8.07 Å². The third-order valence-corrected chi connectivity index (χ3v) is 12.5. The summed E-state index contributed by atoms with van der Waals surface area (Å²) in [5.74, 6) is 3.86. The van der Waals surface area contributed by atoms with Crippen molar-refractivity contribution in [1.82, 2.24) is 0 Å². The van der Waals surface area contributed by atoms with Crippen LogP contribution >= 0.6 is 0 Å². The first-order chi connectivity index (χ1) is 13.2. The predicted molar refractivity (Wildman–Crippen MR) is 134 cm³/mol. The van der Waals surface area contributed by atoms with E-state index < -0.39 is 8.07 Å². The molecule has 0 unspecified atom stereocenters. The quantitative estimate of drug-likeness (QED) is 0.173. The van der Waals surface area contributed by atoms with Crippen LogP contribution in [0.4, 0.5) is 0 Å². The second-order valence-corrected chi connectivity index (χ2v) is 15.0. The zero-order valence-corrected chi connectivity index (χ0v) is 22.0. The molecular formula is C27H50Si. The average Bonchev–Trinajstić information content (AvgIpc) is 2.62. The highest BCUT2D eigenvalue weighted by molar-refractivity contribution is 6.90. The molecule has 1 heteroatoms. The number of allylic oxidation sites excluding steroid dienone is 4. The summed E-state index contributed by atoms with van der Waals surface area (Å²) in [4.78, 5) is 0. The van der Waals surface area contributed by atoms with Gasteiger partial charge in [-0.25, -0.2) is 0 Å². The molecule has 0 fully saturated rings. The van der Waals surface area contributed by atoms with Crippen LogP contribution in [-0.4, -0.2) is 8.07 Å². The molecule has 0 aromatic rings. The van der Waals surface area contributed by atoms with Crippen LogP contribution in [0.2, 0.25) is 16.6 Å². The first-order valence-electron chi connectivity index (χ1n) is 12.2. The van der Waals surface area contributed by atoms with Gasteiger partial charge in [0.25, 0.3) is 0 Å². The van der Waals surface area contributed by atoms with Crippen LogP contribution < -0.4 is 0 Å². The fourth-order valence-corrected chi connectivity index (χ4v) is 10.1. The zero-order valence-electron chi connectivity index (χ0n) is 21.0. The first kappa shape index (κ1) is 27.3. The van der Waals surface area contributed by atoms with Crippen LogP contribution in [0.25, 0.3) is 0 Å². The molecule has 0 N–H and O–H groups in total. The Morgan fingerprint density at radius 3 is 1.61 bits per heavy atom.